The maximum Gasteiger partial charge on any atom is 0.230 e. The fourth-order valence-corrected chi connectivity index (χ4v) is 2.43. The Labute approximate surface area is 125 Å². The third-order valence-corrected chi connectivity index (χ3v) is 3.54. The summed E-state index contributed by atoms with van der Waals surface area (Å²) in [7, 11) is 0. The molecule has 108 valence electrons. The van der Waals surface area contributed by atoms with Gasteiger partial charge in [-0.25, -0.2) is 5.10 Å². The van der Waals surface area contributed by atoms with Gasteiger partial charge in [-0.2, -0.15) is 0 Å². The standard InChI is InChI=1S/C15H22N4S/c1-3-5-12-18(13-9-7-6-8-10-13)14-16-17-15(20)19(14)11-4-2/h6-10H,3-5,11-12H2,1-2H3,(H,17,20). The quantitative estimate of drug-likeness (QED) is 0.773. The van der Waals surface area contributed by atoms with E-state index in [1.807, 2.05) is 6.07 Å². The number of H-pyrrole nitrogens is 1. The van der Waals surface area contributed by atoms with Crippen LogP contribution in [0.1, 0.15) is 33.1 Å². The lowest BCUT2D eigenvalue weighted by molar-refractivity contribution is 0.654. The smallest absolute Gasteiger partial charge is 0.230 e. The van der Waals surface area contributed by atoms with Gasteiger partial charge in [0, 0.05) is 18.8 Å². The average molecular weight is 290 g/mol. The van der Waals surface area contributed by atoms with Gasteiger partial charge < -0.3 is 4.90 Å². The van der Waals surface area contributed by atoms with E-state index < -0.39 is 0 Å². The van der Waals surface area contributed by atoms with Crippen molar-refractivity contribution in [3.8, 4) is 0 Å². The van der Waals surface area contributed by atoms with E-state index in [1.165, 1.54) is 0 Å². The summed E-state index contributed by atoms with van der Waals surface area (Å²) in [5.74, 6) is 0.913. The molecule has 1 N–H and O–H groups in total. The Morgan fingerprint density at radius 1 is 1.20 bits per heavy atom. The number of hydrogen-bond acceptors (Lipinski definition) is 3. The highest BCUT2D eigenvalue weighted by Crippen LogP contribution is 2.24. The van der Waals surface area contributed by atoms with Gasteiger partial charge in [-0.05, 0) is 37.2 Å². The van der Waals surface area contributed by atoms with Crippen molar-refractivity contribution in [2.75, 3.05) is 11.4 Å². The topological polar surface area (TPSA) is 36.9 Å². The van der Waals surface area contributed by atoms with E-state index in [0.29, 0.717) is 4.77 Å². The molecular weight excluding hydrogens is 268 g/mol. The molecule has 0 saturated carbocycles. The minimum atomic E-state index is 0.694. The number of para-hydroxylation sites is 1. The molecule has 0 bridgehead atoms. The molecule has 1 aromatic carbocycles. The minimum Gasteiger partial charge on any atom is -0.311 e. The second kappa shape index (κ2) is 7.24. The number of aromatic nitrogens is 3. The average Bonchev–Trinajstić information content (AvgIpc) is 2.83. The van der Waals surface area contributed by atoms with E-state index in [-0.39, 0.29) is 0 Å². The second-order valence-corrected chi connectivity index (χ2v) is 5.21. The summed E-state index contributed by atoms with van der Waals surface area (Å²) in [6.07, 6.45) is 3.32. The molecule has 4 nitrogen and oxygen atoms in total. The van der Waals surface area contributed by atoms with Gasteiger partial charge >= 0.3 is 0 Å². The molecule has 0 spiro atoms. The minimum absolute atomic E-state index is 0.694. The monoisotopic (exact) mass is 290 g/mol. The number of benzene rings is 1. The van der Waals surface area contributed by atoms with E-state index in [2.05, 4.69) is 57.8 Å². The molecule has 0 atom stereocenters. The zero-order valence-corrected chi connectivity index (χ0v) is 13.0. The van der Waals surface area contributed by atoms with Gasteiger partial charge in [0.1, 0.15) is 0 Å². The van der Waals surface area contributed by atoms with Crippen molar-refractivity contribution in [3.05, 3.63) is 35.1 Å². The van der Waals surface area contributed by atoms with Crippen LogP contribution in [0.25, 0.3) is 0 Å². The lowest BCUT2D eigenvalue weighted by Gasteiger charge is -2.23. The lowest BCUT2D eigenvalue weighted by Crippen LogP contribution is -2.22. The number of nitrogens with one attached hydrogen (secondary N) is 1. The molecule has 2 rings (SSSR count). The molecule has 20 heavy (non-hydrogen) atoms. The Morgan fingerprint density at radius 2 is 1.95 bits per heavy atom. The van der Waals surface area contributed by atoms with E-state index in [4.69, 9.17) is 12.2 Å². The first-order chi connectivity index (χ1) is 9.77. The van der Waals surface area contributed by atoms with Crippen molar-refractivity contribution in [2.45, 2.75) is 39.7 Å². The van der Waals surface area contributed by atoms with E-state index in [0.717, 1.165) is 44.0 Å². The highest BCUT2D eigenvalue weighted by molar-refractivity contribution is 7.71. The highest BCUT2D eigenvalue weighted by atomic mass is 32.1. The Kier molecular flexibility index (Phi) is 5.35. The van der Waals surface area contributed by atoms with Crippen LogP contribution in [0.5, 0.6) is 0 Å². The van der Waals surface area contributed by atoms with Gasteiger partial charge in [-0.1, -0.05) is 38.5 Å². The molecule has 0 aliphatic rings. The normalized spacial score (nSPS) is 10.7. The van der Waals surface area contributed by atoms with Crippen molar-refractivity contribution in [2.24, 2.45) is 0 Å². The molecule has 0 amide bonds. The molecule has 0 radical (unpaired) electrons. The maximum atomic E-state index is 5.34. The van der Waals surface area contributed by atoms with E-state index in [9.17, 15) is 0 Å². The number of aromatic amines is 1. The van der Waals surface area contributed by atoms with Gasteiger partial charge in [0.2, 0.25) is 5.95 Å². The summed E-state index contributed by atoms with van der Waals surface area (Å²) in [6.45, 7) is 6.19. The summed E-state index contributed by atoms with van der Waals surface area (Å²) >= 11 is 5.34. The number of unbranched alkanes of at least 4 members (excludes halogenated alkanes) is 1. The first-order valence-electron chi connectivity index (χ1n) is 7.25. The first-order valence-corrected chi connectivity index (χ1v) is 7.66. The van der Waals surface area contributed by atoms with Crippen LogP contribution in [0.2, 0.25) is 0 Å². The number of hydrogen-bond donors (Lipinski definition) is 1. The van der Waals surface area contributed by atoms with E-state index >= 15 is 0 Å². The van der Waals surface area contributed by atoms with Crippen LogP contribution >= 0.6 is 12.2 Å². The number of anilines is 2. The van der Waals surface area contributed by atoms with Gasteiger partial charge in [-0.15, -0.1) is 5.10 Å². The van der Waals surface area contributed by atoms with Gasteiger partial charge in [0.05, 0.1) is 0 Å². The molecule has 1 aromatic heterocycles. The molecule has 1 heterocycles. The molecule has 0 fully saturated rings. The van der Waals surface area contributed by atoms with Crippen molar-refractivity contribution < 1.29 is 0 Å². The Morgan fingerprint density at radius 3 is 2.60 bits per heavy atom. The first kappa shape index (κ1) is 14.8. The van der Waals surface area contributed by atoms with Crippen LogP contribution in [-0.4, -0.2) is 21.3 Å². The summed E-state index contributed by atoms with van der Waals surface area (Å²) in [4.78, 5) is 2.24. The second-order valence-electron chi connectivity index (χ2n) is 4.82. The van der Waals surface area contributed by atoms with Crippen LogP contribution in [0.4, 0.5) is 11.6 Å². The predicted molar refractivity (Wildman–Crippen MR) is 86.1 cm³/mol. The van der Waals surface area contributed by atoms with Crippen LogP contribution < -0.4 is 4.90 Å². The Balaban J connectivity index is 2.39. The summed E-state index contributed by atoms with van der Waals surface area (Å²) in [5.41, 5.74) is 1.16. The molecule has 2 aromatic rings. The largest absolute Gasteiger partial charge is 0.311 e. The summed E-state index contributed by atoms with van der Waals surface area (Å²) in [6, 6.07) is 10.4. The zero-order valence-electron chi connectivity index (χ0n) is 12.2. The number of rotatable bonds is 7. The fraction of sp³-hybridized carbons (Fsp3) is 0.467. The summed E-state index contributed by atoms with van der Waals surface area (Å²) in [5, 5.41) is 7.36. The molecule has 0 aliphatic carbocycles. The Bertz CT molecular complexity index is 573. The Hall–Kier alpha value is -1.62. The van der Waals surface area contributed by atoms with Crippen molar-refractivity contribution in [3.63, 3.8) is 0 Å². The van der Waals surface area contributed by atoms with Crippen molar-refractivity contribution in [1.82, 2.24) is 14.8 Å². The van der Waals surface area contributed by atoms with Gasteiger partial charge in [0.25, 0.3) is 0 Å². The SMILES string of the molecule is CCCCN(c1ccccc1)c1n[nH]c(=S)n1CCC. The van der Waals surface area contributed by atoms with Crippen LogP contribution in [-0.2, 0) is 6.54 Å². The molecule has 0 unspecified atom stereocenters. The van der Waals surface area contributed by atoms with Crippen LogP contribution in [0.3, 0.4) is 0 Å². The molecule has 5 heteroatoms. The zero-order chi connectivity index (χ0) is 14.4. The van der Waals surface area contributed by atoms with Crippen LogP contribution in [0, 0.1) is 4.77 Å². The van der Waals surface area contributed by atoms with Crippen LogP contribution in [0.15, 0.2) is 30.3 Å². The predicted octanol–water partition coefficient (Wildman–Crippen LogP) is 4.29. The molecule has 0 saturated heterocycles. The van der Waals surface area contributed by atoms with Crippen molar-refractivity contribution >= 4 is 23.9 Å². The maximum absolute atomic E-state index is 5.34. The number of nitrogens with zero attached hydrogens (tertiary/aromatic N) is 3. The van der Waals surface area contributed by atoms with Gasteiger partial charge in [0.15, 0.2) is 4.77 Å². The highest BCUT2D eigenvalue weighted by Gasteiger charge is 2.15. The molecule has 0 aliphatic heterocycles. The van der Waals surface area contributed by atoms with Crippen molar-refractivity contribution in [1.29, 1.82) is 0 Å². The fourth-order valence-electron chi connectivity index (χ4n) is 2.21. The van der Waals surface area contributed by atoms with E-state index in [1.54, 1.807) is 0 Å². The third-order valence-electron chi connectivity index (χ3n) is 3.23. The summed E-state index contributed by atoms with van der Waals surface area (Å²) < 4.78 is 2.78. The van der Waals surface area contributed by atoms with Gasteiger partial charge in [-0.3, -0.25) is 4.57 Å². The molecular formula is C15H22N4S. The third kappa shape index (κ3) is 3.28. The lowest BCUT2D eigenvalue weighted by atomic mass is 10.2.